The molecule has 0 saturated heterocycles. The van der Waals surface area contributed by atoms with Crippen molar-refractivity contribution in [2.75, 3.05) is 19.8 Å². The number of unbranched alkanes of at least 4 members (excludes halogenated alkanes) is 1. The van der Waals surface area contributed by atoms with Gasteiger partial charge in [0.2, 0.25) is 0 Å². The predicted octanol–water partition coefficient (Wildman–Crippen LogP) is 4.57. The fourth-order valence-electron chi connectivity index (χ4n) is 2.29. The first-order valence-electron chi connectivity index (χ1n) is 8.10. The van der Waals surface area contributed by atoms with Gasteiger partial charge in [0.05, 0.1) is 0 Å². The van der Waals surface area contributed by atoms with Gasteiger partial charge in [-0.2, -0.15) is 0 Å². The van der Waals surface area contributed by atoms with E-state index in [1.165, 1.54) is 24.8 Å². The van der Waals surface area contributed by atoms with E-state index >= 15 is 0 Å². The molecule has 1 rings (SSSR count). The van der Waals surface area contributed by atoms with Crippen LogP contribution in [0.5, 0.6) is 0 Å². The molecule has 1 aromatic carbocycles. The highest BCUT2D eigenvalue weighted by Gasteiger charge is 2.11. The monoisotopic (exact) mass is 277 g/mol. The van der Waals surface area contributed by atoms with Gasteiger partial charge in [-0.05, 0) is 37.3 Å². The Hall–Kier alpha value is -0.860. The van der Waals surface area contributed by atoms with Gasteiger partial charge in [-0.1, -0.05) is 57.5 Å². The van der Waals surface area contributed by atoms with Crippen LogP contribution in [0.15, 0.2) is 30.3 Å². The average Bonchev–Trinajstić information content (AvgIpc) is 2.45. The lowest BCUT2D eigenvalue weighted by atomic mass is 9.97. The zero-order valence-corrected chi connectivity index (χ0v) is 13.4. The van der Waals surface area contributed by atoms with E-state index in [2.05, 4.69) is 56.4 Å². The van der Waals surface area contributed by atoms with Crippen LogP contribution >= 0.6 is 0 Å². The molecule has 0 aliphatic heterocycles. The molecule has 20 heavy (non-hydrogen) atoms. The van der Waals surface area contributed by atoms with Crippen molar-refractivity contribution in [3.8, 4) is 0 Å². The summed E-state index contributed by atoms with van der Waals surface area (Å²) in [6.07, 6.45) is 4.65. The summed E-state index contributed by atoms with van der Waals surface area (Å²) in [6.45, 7) is 9.57. The van der Waals surface area contributed by atoms with Gasteiger partial charge >= 0.3 is 0 Å². The Morgan fingerprint density at radius 3 is 2.40 bits per heavy atom. The molecule has 0 saturated carbocycles. The van der Waals surface area contributed by atoms with Crippen LogP contribution in [0.3, 0.4) is 0 Å². The minimum Gasteiger partial charge on any atom is -0.381 e. The third-order valence-corrected chi connectivity index (χ3v) is 3.41. The molecule has 0 radical (unpaired) electrons. The second-order valence-corrected chi connectivity index (χ2v) is 5.87. The summed E-state index contributed by atoms with van der Waals surface area (Å²) in [5.41, 5.74) is 1.40. The molecular formula is C18H31NO. The maximum Gasteiger partial charge on any atom is 0.0478 e. The second kappa shape index (κ2) is 10.9. The molecule has 1 aromatic rings. The third kappa shape index (κ3) is 7.66. The summed E-state index contributed by atoms with van der Waals surface area (Å²) in [4.78, 5) is 0. The highest BCUT2D eigenvalue weighted by atomic mass is 16.5. The van der Waals surface area contributed by atoms with Crippen LogP contribution in [0.4, 0.5) is 0 Å². The Labute approximate surface area is 124 Å². The van der Waals surface area contributed by atoms with Gasteiger partial charge < -0.3 is 10.1 Å². The predicted molar refractivity (Wildman–Crippen MR) is 87.0 cm³/mol. The lowest BCUT2D eigenvalue weighted by Gasteiger charge is -2.21. The first-order valence-corrected chi connectivity index (χ1v) is 8.10. The SMILES string of the molecule is CCCCOCCCNC(CC(C)C)c1ccccc1. The molecule has 2 heteroatoms. The average molecular weight is 277 g/mol. The Morgan fingerprint density at radius 2 is 1.75 bits per heavy atom. The summed E-state index contributed by atoms with van der Waals surface area (Å²) in [5.74, 6) is 0.702. The lowest BCUT2D eigenvalue weighted by molar-refractivity contribution is 0.128. The summed E-state index contributed by atoms with van der Waals surface area (Å²) in [7, 11) is 0. The number of ether oxygens (including phenoxy) is 1. The maximum atomic E-state index is 5.60. The van der Waals surface area contributed by atoms with Crippen molar-refractivity contribution in [2.45, 2.75) is 52.5 Å². The Morgan fingerprint density at radius 1 is 1.05 bits per heavy atom. The van der Waals surface area contributed by atoms with Gasteiger partial charge in [-0.3, -0.25) is 0 Å². The van der Waals surface area contributed by atoms with Gasteiger partial charge in [0.15, 0.2) is 0 Å². The van der Waals surface area contributed by atoms with E-state index in [0.717, 1.165) is 26.2 Å². The molecule has 1 N–H and O–H groups in total. The number of benzene rings is 1. The Balaban J connectivity index is 2.28. The van der Waals surface area contributed by atoms with Gasteiger partial charge in [0.25, 0.3) is 0 Å². The maximum absolute atomic E-state index is 5.60. The minimum atomic E-state index is 0.465. The third-order valence-electron chi connectivity index (χ3n) is 3.41. The van der Waals surface area contributed by atoms with Crippen molar-refractivity contribution in [2.24, 2.45) is 5.92 Å². The van der Waals surface area contributed by atoms with Crippen molar-refractivity contribution < 1.29 is 4.74 Å². The van der Waals surface area contributed by atoms with Crippen LogP contribution in [0.1, 0.15) is 58.1 Å². The second-order valence-electron chi connectivity index (χ2n) is 5.87. The van der Waals surface area contributed by atoms with Crippen LogP contribution in [0.25, 0.3) is 0 Å². The molecule has 0 aromatic heterocycles. The lowest BCUT2D eigenvalue weighted by Crippen LogP contribution is -2.24. The van der Waals surface area contributed by atoms with Gasteiger partial charge in [0.1, 0.15) is 0 Å². The van der Waals surface area contributed by atoms with Crippen molar-refractivity contribution >= 4 is 0 Å². The molecule has 0 bridgehead atoms. The normalized spacial score (nSPS) is 12.8. The summed E-state index contributed by atoms with van der Waals surface area (Å²) >= 11 is 0. The van der Waals surface area contributed by atoms with Crippen LogP contribution < -0.4 is 5.32 Å². The molecular weight excluding hydrogens is 246 g/mol. The molecule has 0 heterocycles. The topological polar surface area (TPSA) is 21.3 Å². The fraction of sp³-hybridized carbons (Fsp3) is 0.667. The van der Waals surface area contributed by atoms with E-state index in [1.807, 2.05) is 0 Å². The van der Waals surface area contributed by atoms with E-state index < -0.39 is 0 Å². The summed E-state index contributed by atoms with van der Waals surface area (Å²) in [6, 6.07) is 11.2. The van der Waals surface area contributed by atoms with E-state index in [1.54, 1.807) is 0 Å². The Kier molecular flexibility index (Phi) is 9.35. The van der Waals surface area contributed by atoms with Crippen molar-refractivity contribution in [3.05, 3.63) is 35.9 Å². The smallest absolute Gasteiger partial charge is 0.0478 e. The van der Waals surface area contributed by atoms with E-state index in [-0.39, 0.29) is 0 Å². The van der Waals surface area contributed by atoms with Crippen molar-refractivity contribution in [3.63, 3.8) is 0 Å². The van der Waals surface area contributed by atoms with Crippen molar-refractivity contribution in [1.82, 2.24) is 5.32 Å². The van der Waals surface area contributed by atoms with Crippen LogP contribution in [-0.2, 0) is 4.74 Å². The standard InChI is InChI=1S/C18H31NO/c1-4-5-13-20-14-9-12-19-18(15-16(2)3)17-10-7-6-8-11-17/h6-8,10-11,16,18-19H,4-5,9,12-15H2,1-3H3. The van der Waals surface area contributed by atoms with Gasteiger partial charge in [0, 0.05) is 19.3 Å². The quantitative estimate of drug-likeness (QED) is 0.598. The van der Waals surface area contributed by atoms with Gasteiger partial charge in [-0.15, -0.1) is 0 Å². The zero-order valence-electron chi connectivity index (χ0n) is 13.4. The molecule has 0 aliphatic rings. The number of hydrogen-bond acceptors (Lipinski definition) is 2. The van der Waals surface area contributed by atoms with Gasteiger partial charge in [-0.25, -0.2) is 0 Å². The van der Waals surface area contributed by atoms with Crippen LogP contribution in [0, 0.1) is 5.92 Å². The first-order chi connectivity index (χ1) is 9.74. The molecule has 0 aliphatic carbocycles. The van der Waals surface area contributed by atoms with Crippen molar-refractivity contribution in [1.29, 1.82) is 0 Å². The minimum absolute atomic E-state index is 0.465. The number of rotatable bonds is 11. The summed E-state index contributed by atoms with van der Waals surface area (Å²) in [5, 5.41) is 3.68. The molecule has 2 nitrogen and oxygen atoms in total. The molecule has 1 atom stereocenters. The zero-order chi connectivity index (χ0) is 14.6. The molecule has 0 spiro atoms. The van der Waals surface area contributed by atoms with Crippen LogP contribution in [0.2, 0.25) is 0 Å². The molecule has 0 amide bonds. The molecule has 1 unspecified atom stereocenters. The first kappa shape index (κ1) is 17.2. The molecule has 0 fully saturated rings. The highest BCUT2D eigenvalue weighted by Crippen LogP contribution is 2.20. The van der Waals surface area contributed by atoms with E-state index in [0.29, 0.717) is 12.0 Å². The number of hydrogen-bond donors (Lipinski definition) is 1. The Bertz CT molecular complexity index is 323. The fourth-order valence-corrected chi connectivity index (χ4v) is 2.29. The largest absolute Gasteiger partial charge is 0.381 e. The van der Waals surface area contributed by atoms with E-state index in [4.69, 9.17) is 4.74 Å². The van der Waals surface area contributed by atoms with Crippen LogP contribution in [-0.4, -0.2) is 19.8 Å². The summed E-state index contributed by atoms with van der Waals surface area (Å²) < 4.78 is 5.60. The molecule has 114 valence electrons. The highest BCUT2D eigenvalue weighted by molar-refractivity contribution is 5.18. The van der Waals surface area contributed by atoms with E-state index in [9.17, 15) is 0 Å². The number of nitrogens with one attached hydrogen (secondary N) is 1.